The van der Waals surface area contributed by atoms with E-state index in [0.29, 0.717) is 0 Å². The Kier molecular flexibility index (Phi) is 1.25. The minimum absolute atomic E-state index is 1.00. The number of fused-ring (bicyclic) bond motifs is 3. The van der Waals surface area contributed by atoms with E-state index in [0.717, 1.165) is 12.1 Å². The van der Waals surface area contributed by atoms with Gasteiger partial charge in [0, 0.05) is 30.6 Å². The van der Waals surface area contributed by atoms with Crippen LogP contribution >= 0.6 is 0 Å². The van der Waals surface area contributed by atoms with Crippen molar-refractivity contribution in [1.29, 1.82) is 0 Å². The molecule has 13 heavy (non-hydrogen) atoms. The Labute approximate surface area is 76.3 Å². The average Bonchev–Trinajstić information content (AvgIpc) is 2.56. The fraction of sp³-hybridized carbons (Fsp3) is 0.0909. The van der Waals surface area contributed by atoms with E-state index in [9.17, 15) is 0 Å². The molecule has 0 fully saturated rings. The highest BCUT2D eigenvalue weighted by atomic mass is 14.7. The van der Waals surface area contributed by atoms with E-state index in [4.69, 9.17) is 0 Å². The highest BCUT2D eigenvalue weighted by molar-refractivity contribution is 5.72. The van der Waals surface area contributed by atoms with Gasteiger partial charge in [0.1, 0.15) is 0 Å². The van der Waals surface area contributed by atoms with Crippen LogP contribution < -0.4 is 0 Å². The number of nitrogens with zero attached hydrogens (tertiary/aromatic N) is 2. The number of hydrogen-bond acceptors (Lipinski definition) is 2. The van der Waals surface area contributed by atoms with Gasteiger partial charge in [-0.05, 0) is 23.3 Å². The molecule has 0 aromatic carbocycles. The minimum Gasteiger partial charge on any atom is -0.264 e. The van der Waals surface area contributed by atoms with Crippen molar-refractivity contribution in [2.45, 2.75) is 6.42 Å². The van der Waals surface area contributed by atoms with E-state index in [1.807, 2.05) is 24.7 Å². The fourth-order valence-electron chi connectivity index (χ4n) is 1.82. The van der Waals surface area contributed by atoms with Gasteiger partial charge >= 0.3 is 0 Å². The Morgan fingerprint density at radius 1 is 1.08 bits per heavy atom. The predicted molar refractivity (Wildman–Crippen MR) is 50.3 cm³/mol. The zero-order valence-corrected chi connectivity index (χ0v) is 7.07. The summed E-state index contributed by atoms with van der Waals surface area (Å²) in [6.07, 6.45) is 6.57. The fourth-order valence-corrected chi connectivity index (χ4v) is 1.82. The Morgan fingerprint density at radius 3 is 3.08 bits per heavy atom. The molecule has 0 radical (unpaired) electrons. The van der Waals surface area contributed by atoms with E-state index in [1.54, 1.807) is 0 Å². The second-order valence-corrected chi connectivity index (χ2v) is 3.22. The van der Waals surface area contributed by atoms with Crippen LogP contribution in [-0.2, 0) is 6.42 Å². The highest BCUT2D eigenvalue weighted by Gasteiger charge is 2.18. The molecular formula is C11H8N2. The van der Waals surface area contributed by atoms with Crippen molar-refractivity contribution in [2.24, 2.45) is 0 Å². The van der Waals surface area contributed by atoms with Crippen LogP contribution in [0.4, 0.5) is 0 Å². The average molecular weight is 168 g/mol. The topological polar surface area (TPSA) is 25.8 Å². The first-order chi connectivity index (χ1) is 6.45. The first kappa shape index (κ1) is 6.78. The molecule has 1 aliphatic carbocycles. The van der Waals surface area contributed by atoms with E-state index in [-0.39, 0.29) is 0 Å². The first-order valence-electron chi connectivity index (χ1n) is 4.32. The number of hydrogen-bond donors (Lipinski definition) is 0. The van der Waals surface area contributed by atoms with Crippen LogP contribution in [0.15, 0.2) is 36.8 Å². The van der Waals surface area contributed by atoms with Crippen LogP contribution in [0, 0.1) is 0 Å². The van der Waals surface area contributed by atoms with Gasteiger partial charge in [-0.25, -0.2) is 0 Å². The van der Waals surface area contributed by atoms with Crippen LogP contribution in [0.25, 0.3) is 11.3 Å². The van der Waals surface area contributed by atoms with Gasteiger partial charge in [0.2, 0.25) is 0 Å². The van der Waals surface area contributed by atoms with Gasteiger partial charge in [0.15, 0.2) is 0 Å². The Bertz CT molecular complexity index is 420. The standard InChI is InChI=1S/C11H8N2/c1-2-9-6-8-3-5-12-7-10(8)11(9)13-4-1/h1-5,7H,6H2. The quantitative estimate of drug-likeness (QED) is 0.513. The zero-order chi connectivity index (χ0) is 8.67. The van der Waals surface area contributed by atoms with Gasteiger partial charge in [-0.15, -0.1) is 0 Å². The van der Waals surface area contributed by atoms with Gasteiger partial charge in [0.05, 0.1) is 5.69 Å². The molecule has 2 heteroatoms. The maximum atomic E-state index is 4.36. The summed E-state index contributed by atoms with van der Waals surface area (Å²) in [5, 5.41) is 0. The molecule has 0 saturated heterocycles. The second kappa shape index (κ2) is 2.39. The van der Waals surface area contributed by atoms with Crippen molar-refractivity contribution < 1.29 is 0 Å². The lowest BCUT2D eigenvalue weighted by Gasteiger charge is -1.96. The summed E-state index contributed by atoms with van der Waals surface area (Å²) in [7, 11) is 0. The summed E-state index contributed by atoms with van der Waals surface area (Å²) in [6.45, 7) is 0. The number of rotatable bonds is 0. The third-order valence-electron chi connectivity index (χ3n) is 2.44. The van der Waals surface area contributed by atoms with Crippen LogP contribution in [0.1, 0.15) is 11.1 Å². The lowest BCUT2D eigenvalue weighted by atomic mass is 10.2. The van der Waals surface area contributed by atoms with E-state index in [2.05, 4.69) is 22.1 Å². The summed E-state index contributed by atoms with van der Waals surface area (Å²) >= 11 is 0. The third kappa shape index (κ3) is 0.886. The predicted octanol–water partition coefficient (Wildman–Crippen LogP) is 2.05. The molecule has 0 spiro atoms. The van der Waals surface area contributed by atoms with Crippen molar-refractivity contribution in [3.05, 3.63) is 47.9 Å². The summed E-state index contributed by atoms with van der Waals surface area (Å²) in [4.78, 5) is 8.48. The van der Waals surface area contributed by atoms with Gasteiger partial charge in [-0.2, -0.15) is 0 Å². The SMILES string of the molecule is c1cnc2c(c1)Cc1ccncc1-2. The molecule has 2 heterocycles. The van der Waals surface area contributed by atoms with Gasteiger partial charge in [-0.1, -0.05) is 6.07 Å². The normalized spacial score (nSPS) is 12.3. The largest absolute Gasteiger partial charge is 0.264 e. The van der Waals surface area contributed by atoms with Crippen LogP contribution in [0.5, 0.6) is 0 Å². The smallest absolute Gasteiger partial charge is 0.0755 e. The van der Waals surface area contributed by atoms with Crippen LogP contribution in [-0.4, -0.2) is 9.97 Å². The van der Waals surface area contributed by atoms with Gasteiger partial charge in [0.25, 0.3) is 0 Å². The Hall–Kier alpha value is -1.70. The molecule has 2 aromatic heterocycles. The second-order valence-electron chi connectivity index (χ2n) is 3.22. The Morgan fingerprint density at radius 2 is 2.08 bits per heavy atom. The molecule has 0 saturated carbocycles. The molecule has 0 unspecified atom stereocenters. The zero-order valence-electron chi connectivity index (χ0n) is 7.07. The van der Waals surface area contributed by atoms with Gasteiger partial charge in [-0.3, -0.25) is 9.97 Å². The van der Waals surface area contributed by atoms with Crippen molar-refractivity contribution in [3.8, 4) is 11.3 Å². The molecule has 0 aliphatic heterocycles. The summed E-state index contributed by atoms with van der Waals surface area (Å²) < 4.78 is 0. The van der Waals surface area contributed by atoms with Crippen LogP contribution in [0.3, 0.4) is 0 Å². The summed E-state index contributed by atoms with van der Waals surface area (Å²) in [5.74, 6) is 0. The third-order valence-corrected chi connectivity index (χ3v) is 2.44. The highest BCUT2D eigenvalue weighted by Crippen LogP contribution is 2.33. The molecule has 1 aliphatic rings. The van der Waals surface area contributed by atoms with E-state index >= 15 is 0 Å². The molecule has 62 valence electrons. The maximum Gasteiger partial charge on any atom is 0.0755 e. The molecule has 0 N–H and O–H groups in total. The molecule has 2 nitrogen and oxygen atoms in total. The number of pyridine rings is 2. The molecule has 3 rings (SSSR count). The minimum atomic E-state index is 1.00. The summed E-state index contributed by atoms with van der Waals surface area (Å²) in [5.41, 5.74) is 4.94. The Balaban J connectivity index is 2.32. The molecule has 0 atom stereocenters. The molecule has 0 amide bonds. The number of aromatic nitrogens is 2. The van der Waals surface area contributed by atoms with Crippen molar-refractivity contribution in [3.63, 3.8) is 0 Å². The molecular weight excluding hydrogens is 160 g/mol. The van der Waals surface area contributed by atoms with E-state index in [1.165, 1.54) is 16.7 Å². The maximum absolute atomic E-state index is 4.36. The summed E-state index contributed by atoms with van der Waals surface area (Å²) in [6, 6.07) is 6.18. The van der Waals surface area contributed by atoms with Crippen molar-refractivity contribution in [2.75, 3.05) is 0 Å². The van der Waals surface area contributed by atoms with E-state index < -0.39 is 0 Å². The van der Waals surface area contributed by atoms with Crippen molar-refractivity contribution in [1.82, 2.24) is 9.97 Å². The van der Waals surface area contributed by atoms with Crippen LogP contribution in [0.2, 0.25) is 0 Å². The van der Waals surface area contributed by atoms with Gasteiger partial charge < -0.3 is 0 Å². The lowest BCUT2D eigenvalue weighted by Crippen LogP contribution is -1.81. The van der Waals surface area contributed by atoms with Crippen molar-refractivity contribution >= 4 is 0 Å². The monoisotopic (exact) mass is 168 g/mol. The lowest BCUT2D eigenvalue weighted by molar-refractivity contribution is 1.22. The first-order valence-corrected chi connectivity index (χ1v) is 4.32. The molecule has 0 bridgehead atoms. The molecule has 2 aromatic rings.